The number of aromatic nitrogens is 6. The Labute approximate surface area is 186 Å². The molecule has 0 fully saturated rings. The van der Waals surface area contributed by atoms with Gasteiger partial charge < -0.3 is 5.32 Å². The third-order valence-corrected chi connectivity index (χ3v) is 5.18. The van der Waals surface area contributed by atoms with Gasteiger partial charge in [0.1, 0.15) is 23.2 Å². The summed E-state index contributed by atoms with van der Waals surface area (Å²) in [5.74, 6) is -0.681. The molecule has 0 aliphatic carbocycles. The van der Waals surface area contributed by atoms with Crippen LogP contribution in [0.2, 0.25) is 0 Å². The average Bonchev–Trinajstić information content (AvgIpc) is 3.25. The molecular weight excluding hydrogens is 425 g/mol. The van der Waals surface area contributed by atoms with Gasteiger partial charge in [-0.1, -0.05) is 24.3 Å². The van der Waals surface area contributed by atoms with Crippen LogP contribution in [-0.2, 0) is 13.1 Å². The van der Waals surface area contributed by atoms with Gasteiger partial charge in [0, 0.05) is 6.54 Å². The van der Waals surface area contributed by atoms with Gasteiger partial charge in [0.05, 0.1) is 36.5 Å². The lowest BCUT2D eigenvalue weighted by Crippen LogP contribution is -2.28. The quantitative estimate of drug-likeness (QED) is 0.431. The van der Waals surface area contributed by atoms with Gasteiger partial charge in [-0.2, -0.15) is 5.10 Å². The Morgan fingerprint density at radius 3 is 2.61 bits per heavy atom. The highest BCUT2D eigenvalue weighted by molar-refractivity contribution is 5.93. The summed E-state index contributed by atoms with van der Waals surface area (Å²) in [4.78, 5) is 38.2. The highest BCUT2D eigenvalue weighted by Crippen LogP contribution is 2.09. The van der Waals surface area contributed by atoms with Crippen molar-refractivity contribution in [3.8, 4) is 0 Å². The lowest BCUT2D eigenvalue weighted by atomic mass is 10.2. The van der Waals surface area contributed by atoms with Crippen molar-refractivity contribution < 1.29 is 9.18 Å². The van der Waals surface area contributed by atoms with E-state index >= 15 is 0 Å². The highest BCUT2D eigenvalue weighted by Gasteiger charge is 2.12. The maximum atomic E-state index is 13.1. The number of para-hydroxylation sites is 2. The SMILES string of the molecule is O=C(NCCn1ncc2c(=O)n(Cc3ccc(F)cc3)cnc21)c1cnc2ccccc2n1. The molecule has 1 N–H and O–H groups in total. The van der Waals surface area contributed by atoms with Crippen molar-refractivity contribution in [2.45, 2.75) is 13.1 Å². The molecule has 0 saturated carbocycles. The Kier molecular flexibility index (Phi) is 5.31. The molecule has 3 aromatic heterocycles. The van der Waals surface area contributed by atoms with E-state index in [0.717, 1.165) is 5.56 Å². The molecule has 0 unspecified atom stereocenters. The molecule has 0 atom stereocenters. The first-order valence-corrected chi connectivity index (χ1v) is 10.2. The number of carbonyl (C=O) groups excluding carboxylic acids is 1. The van der Waals surface area contributed by atoms with Crippen LogP contribution in [0, 0.1) is 5.82 Å². The minimum atomic E-state index is -0.348. The molecule has 0 radical (unpaired) electrons. The summed E-state index contributed by atoms with van der Waals surface area (Å²) in [6.45, 7) is 0.866. The molecule has 3 heterocycles. The fourth-order valence-corrected chi connectivity index (χ4v) is 3.49. The second kappa shape index (κ2) is 8.58. The monoisotopic (exact) mass is 443 g/mol. The van der Waals surface area contributed by atoms with E-state index in [-0.39, 0.29) is 36.1 Å². The average molecular weight is 443 g/mol. The first-order chi connectivity index (χ1) is 16.1. The smallest absolute Gasteiger partial charge is 0.271 e. The van der Waals surface area contributed by atoms with E-state index < -0.39 is 0 Å². The van der Waals surface area contributed by atoms with E-state index in [4.69, 9.17) is 0 Å². The molecule has 5 rings (SSSR count). The summed E-state index contributed by atoms with van der Waals surface area (Å²) in [5.41, 5.74) is 2.55. The lowest BCUT2D eigenvalue weighted by Gasteiger charge is -2.08. The molecule has 1 amide bonds. The van der Waals surface area contributed by atoms with Gasteiger partial charge in [0.25, 0.3) is 11.5 Å². The second-order valence-electron chi connectivity index (χ2n) is 7.41. The lowest BCUT2D eigenvalue weighted by molar-refractivity contribution is 0.0947. The van der Waals surface area contributed by atoms with Crippen LogP contribution in [0.15, 0.2) is 72.0 Å². The van der Waals surface area contributed by atoms with Crippen LogP contribution in [0.3, 0.4) is 0 Å². The molecule has 0 spiro atoms. The summed E-state index contributed by atoms with van der Waals surface area (Å²) < 4.78 is 16.1. The number of hydrogen-bond donors (Lipinski definition) is 1. The van der Waals surface area contributed by atoms with Gasteiger partial charge in [-0.25, -0.2) is 19.0 Å². The summed E-state index contributed by atoms with van der Waals surface area (Å²) in [6.07, 6.45) is 4.34. The number of amides is 1. The van der Waals surface area contributed by atoms with Gasteiger partial charge in [-0.05, 0) is 29.8 Å². The van der Waals surface area contributed by atoms with Gasteiger partial charge >= 0.3 is 0 Å². The molecule has 0 bridgehead atoms. The van der Waals surface area contributed by atoms with Crippen LogP contribution in [0.5, 0.6) is 0 Å². The first kappa shape index (κ1) is 20.4. The third-order valence-electron chi connectivity index (χ3n) is 5.18. The summed E-state index contributed by atoms with van der Waals surface area (Å²) in [5, 5.41) is 7.39. The van der Waals surface area contributed by atoms with Crippen molar-refractivity contribution in [1.82, 2.24) is 34.6 Å². The Balaban J connectivity index is 1.27. The normalized spacial score (nSPS) is 11.2. The number of rotatable bonds is 6. The first-order valence-electron chi connectivity index (χ1n) is 10.2. The Hall–Kier alpha value is -4.47. The van der Waals surface area contributed by atoms with Crippen molar-refractivity contribution in [3.05, 3.63) is 94.7 Å². The van der Waals surface area contributed by atoms with Gasteiger partial charge in [0.15, 0.2) is 5.65 Å². The van der Waals surface area contributed by atoms with Crippen LogP contribution in [-0.4, -0.2) is 41.8 Å². The zero-order chi connectivity index (χ0) is 22.8. The fourth-order valence-electron chi connectivity index (χ4n) is 3.49. The minimum Gasteiger partial charge on any atom is -0.349 e. The molecule has 10 heteroatoms. The van der Waals surface area contributed by atoms with E-state index in [2.05, 4.69) is 25.4 Å². The topological polar surface area (TPSA) is 108 Å². The molecule has 0 aliphatic rings. The van der Waals surface area contributed by atoms with Crippen LogP contribution >= 0.6 is 0 Å². The van der Waals surface area contributed by atoms with Gasteiger partial charge in [-0.15, -0.1) is 0 Å². The fraction of sp³-hybridized carbons (Fsp3) is 0.130. The van der Waals surface area contributed by atoms with E-state index in [9.17, 15) is 14.0 Å². The predicted octanol–water partition coefficient (Wildman–Crippen LogP) is 2.15. The third kappa shape index (κ3) is 4.18. The number of halogens is 1. The van der Waals surface area contributed by atoms with E-state index in [0.29, 0.717) is 28.6 Å². The van der Waals surface area contributed by atoms with Crippen LogP contribution < -0.4 is 10.9 Å². The molecule has 0 saturated heterocycles. The number of hydrogen-bond acceptors (Lipinski definition) is 6. The zero-order valence-corrected chi connectivity index (χ0v) is 17.3. The molecular formula is C23H18FN7O2. The predicted molar refractivity (Wildman–Crippen MR) is 119 cm³/mol. The van der Waals surface area contributed by atoms with Crippen molar-refractivity contribution in [2.24, 2.45) is 0 Å². The van der Waals surface area contributed by atoms with Crippen LogP contribution in [0.1, 0.15) is 16.1 Å². The van der Waals surface area contributed by atoms with E-state index in [1.165, 1.54) is 35.4 Å². The molecule has 5 aromatic rings. The Morgan fingerprint density at radius 1 is 1.00 bits per heavy atom. The number of fused-ring (bicyclic) bond motifs is 2. The van der Waals surface area contributed by atoms with Crippen molar-refractivity contribution in [2.75, 3.05) is 6.54 Å². The van der Waals surface area contributed by atoms with Crippen LogP contribution in [0.4, 0.5) is 4.39 Å². The molecule has 164 valence electrons. The van der Waals surface area contributed by atoms with Gasteiger partial charge in [0.2, 0.25) is 0 Å². The maximum absolute atomic E-state index is 13.1. The van der Waals surface area contributed by atoms with Gasteiger partial charge in [-0.3, -0.25) is 19.1 Å². The Bertz CT molecular complexity index is 1530. The standard InChI is InChI=1S/C23H18FN7O2/c24-16-7-5-15(6-8-16)13-30-14-27-21-17(23(30)33)11-28-31(21)10-9-25-22(32)20-12-26-18-3-1-2-4-19(18)29-20/h1-8,11-12,14H,9-10,13H2,(H,25,32). The molecule has 0 aliphatic heterocycles. The molecule has 2 aromatic carbocycles. The highest BCUT2D eigenvalue weighted by atomic mass is 19.1. The maximum Gasteiger partial charge on any atom is 0.271 e. The molecule has 33 heavy (non-hydrogen) atoms. The number of nitrogens with one attached hydrogen (secondary N) is 1. The minimum absolute atomic E-state index is 0.223. The van der Waals surface area contributed by atoms with Crippen molar-refractivity contribution in [3.63, 3.8) is 0 Å². The van der Waals surface area contributed by atoms with E-state index in [1.54, 1.807) is 22.9 Å². The van der Waals surface area contributed by atoms with Crippen LogP contribution in [0.25, 0.3) is 22.1 Å². The number of carbonyl (C=O) groups is 1. The largest absolute Gasteiger partial charge is 0.349 e. The summed E-state index contributed by atoms with van der Waals surface area (Å²) in [7, 11) is 0. The van der Waals surface area contributed by atoms with Crippen molar-refractivity contribution >= 4 is 28.0 Å². The van der Waals surface area contributed by atoms with Crippen molar-refractivity contribution in [1.29, 1.82) is 0 Å². The van der Waals surface area contributed by atoms with E-state index in [1.807, 2.05) is 18.2 Å². The number of nitrogens with zero attached hydrogens (tertiary/aromatic N) is 6. The number of benzene rings is 2. The summed E-state index contributed by atoms with van der Waals surface area (Å²) >= 11 is 0. The summed E-state index contributed by atoms with van der Waals surface area (Å²) in [6, 6.07) is 13.3. The second-order valence-corrected chi connectivity index (χ2v) is 7.41. The molecule has 9 nitrogen and oxygen atoms in total. The zero-order valence-electron chi connectivity index (χ0n) is 17.3. The Morgan fingerprint density at radius 2 is 1.79 bits per heavy atom.